The molecule has 0 saturated carbocycles. The Labute approximate surface area is 109 Å². The summed E-state index contributed by atoms with van der Waals surface area (Å²) in [5.74, 6) is 0. The SMILES string of the molecule is CONc1ccc(N2CCC(N(C)C)CC2)cc1. The third-order valence-electron chi connectivity index (χ3n) is 3.65. The molecule has 0 amide bonds. The van der Waals surface area contributed by atoms with Crippen LogP contribution in [0, 0.1) is 0 Å². The topological polar surface area (TPSA) is 27.7 Å². The second-order valence-corrected chi connectivity index (χ2v) is 5.03. The Balaban J connectivity index is 1.93. The molecular formula is C14H23N3O. The molecule has 1 aliphatic rings. The Morgan fingerprint density at radius 3 is 2.28 bits per heavy atom. The number of nitrogens with one attached hydrogen (secondary N) is 1. The molecule has 1 aromatic carbocycles. The molecule has 0 radical (unpaired) electrons. The fourth-order valence-corrected chi connectivity index (χ4v) is 2.50. The van der Waals surface area contributed by atoms with Gasteiger partial charge in [-0.25, -0.2) is 0 Å². The van der Waals surface area contributed by atoms with Gasteiger partial charge >= 0.3 is 0 Å². The third kappa shape index (κ3) is 3.15. The lowest BCUT2D eigenvalue weighted by molar-refractivity contribution is 0.249. The summed E-state index contributed by atoms with van der Waals surface area (Å²) in [5.41, 5.74) is 5.12. The van der Waals surface area contributed by atoms with Crippen LogP contribution in [0.1, 0.15) is 12.8 Å². The van der Waals surface area contributed by atoms with Crippen LogP contribution < -0.4 is 10.4 Å². The monoisotopic (exact) mass is 249 g/mol. The average molecular weight is 249 g/mol. The summed E-state index contributed by atoms with van der Waals surface area (Å²) >= 11 is 0. The van der Waals surface area contributed by atoms with E-state index in [1.807, 2.05) is 0 Å². The smallest absolute Gasteiger partial charge is 0.0636 e. The highest BCUT2D eigenvalue weighted by atomic mass is 16.6. The summed E-state index contributed by atoms with van der Waals surface area (Å²) < 4.78 is 0. The van der Waals surface area contributed by atoms with Gasteiger partial charge in [-0.2, -0.15) is 0 Å². The Hall–Kier alpha value is -1.26. The lowest BCUT2D eigenvalue weighted by atomic mass is 10.0. The molecule has 1 fully saturated rings. The van der Waals surface area contributed by atoms with E-state index < -0.39 is 0 Å². The molecule has 0 aliphatic carbocycles. The lowest BCUT2D eigenvalue weighted by Crippen LogP contribution is -2.41. The first-order valence-electron chi connectivity index (χ1n) is 6.51. The second kappa shape index (κ2) is 6.07. The van der Waals surface area contributed by atoms with Crippen molar-refractivity contribution in [3.63, 3.8) is 0 Å². The van der Waals surface area contributed by atoms with Gasteiger partial charge in [0.2, 0.25) is 0 Å². The Kier molecular flexibility index (Phi) is 4.44. The summed E-state index contributed by atoms with van der Waals surface area (Å²) in [6.07, 6.45) is 2.48. The van der Waals surface area contributed by atoms with Crippen LogP contribution in [-0.4, -0.2) is 45.2 Å². The van der Waals surface area contributed by atoms with Crippen LogP contribution in [0.25, 0.3) is 0 Å². The molecule has 100 valence electrons. The van der Waals surface area contributed by atoms with Gasteiger partial charge in [-0.1, -0.05) is 0 Å². The minimum Gasteiger partial charge on any atom is -0.371 e. The van der Waals surface area contributed by atoms with E-state index in [-0.39, 0.29) is 0 Å². The summed E-state index contributed by atoms with van der Waals surface area (Å²) in [5, 5.41) is 0. The number of piperidine rings is 1. The predicted octanol–water partition coefficient (Wildman–Crippen LogP) is 2.19. The maximum absolute atomic E-state index is 4.88. The van der Waals surface area contributed by atoms with Crippen molar-refractivity contribution >= 4 is 11.4 Å². The van der Waals surface area contributed by atoms with Gasteiger partial charge in [-0.05, 0) is 51.2 Å². The fourth-order valence-electron chi connectivity index (χ4n) is 2.50. The van der Waals surface area contributed by atoms with Crippen molar-refractivity contribution in [2.45, 2.75) is 18.9 Å². The summed E-state index contributed by atoms with van der Waals surface area (Å²) in [7, 11) is 5.97. The van der Waals surface area contributed by atoms with Crippen molar-refractivity contribution in [3.05, 3.63) is 24.3 Å². The number of hydrogen-bond acceptors (Lipinski definition) is 4. The Morgan fingerprint density at radius 1 is 1.17 bits per heavy atom. The lowest BCUT2D eigenvalue weighted by Gasteiger charge is -2.36. The van der Waals surface area contributed by atoms with Crippen molar-refractivity contribution < 1.29 is 4.84 Å². The van der Waals surface area contributed by atoms with Crippen LogP contribution in [-0.2, 0) is 4.84 Å². The van der Waals surface area contributed by atoms with E-state index in [0.29, 0.717) is 0 Å². The highest BCUT2D eigenvalue weighted by Crippen LogP contribution is 2.23. The zero-order chi connectivity index (χ0) is 13.0. The molecule has 1 saturated heterocycles. The minimum absolute atomic E-state index is 0.732. The molecule has 1 N–H and O–H groups in total. The van der Waals surface area contributed by atoms with Gasteiger partial charge in [-0.15, -0.1) is 0 Å². The standard InChI is InChI=1S/C14H23N3O/c1-16(2)13-8-10-17(11-9-13)14-6-4-12(5-7-14)15-18-3/h4-7,13,15H,8-11H2,1-3H3. The van der Waals surface area contributed by atoms with Gasteiger partial charge in [0.05, 0.1) is 12.8 Å². The molecule has 0 unspecified atom stereocenters. The van der Waals surface area contributed by atoms with Crippen LogP contribution in [0.15, 0.2) is 24.3 Å². The Morgan fingerprint density at radius 2 is 1.78 bits per heavy atom. The first kappa shape index (κ1) is 13.2. The first-order chi connectivity index (χ1) is 8.70. The summed E-state index contributed by atoms with van der Waals surface area (Å²) in [4.78, 5) is 9.68. The molecular weight excluding hydrogens is 226 g/mol. The summed E-state index contributed by atoms with van der Waals surface area (Å²) in [6, 6.07) is 9.14. The van der Waals surface area contributed by atoms with Gasteiger partial charge in [0.1, 0.15) is 0 Å². The normalized spacial score (nSPS) is 17.2. The molecule has 1 aromatic rings. The number of rotatable bonds is 4. The molecule has 4 heteroatoms. The number of nitrogens with zero attached hydrogens (tertiary/aromatic N) is 2. The zero-order valence-electron chi connectivity index (χ0n) is 11.5. The van der Waals surface area contributed by atoms with Crippen LogP contribution >= 0.6 is 0 Å². The van der Waals surface area contributed by atoms with Gasteiger partial charge < -0.3 is 9.80 Å². The van der Waals surface area contributed by atoms with Gasteiger partial charge in [0, 0.05) is 24.8 Å². The fraction of sp³-hybridized carbons (Fsp3) is 0.571. The van der Waals surface area contributed by atoms with Crippen molar-refractivity contribution in [2.75, 3.05) is 44.7 Å². The largest absolute Gasteiger partial charge is 0.371 e. The molecule has 4 nitrogen and oxygen atoms in total. The van der Waals surface area contributed by atoms with E-state index in [9.17, 15) is 0 Å². The molecule has 0 atom stereocenters. The van der Waals surface area contributed by atoms with Gasteiger partial charge in [-0.3, -0.25) is 10.3 Å². The van der Waals surface area contributed by atoms with Crippen LogP contribution in [0.4, 0.5) is 11.4 Å². The Bertz CT molecular complexity index is 356. The van der Waals surface area contributed by atoms with Crippen molar-refractivity contribution in [2.24, 2.45) is 0 Å². The molecule has 0 aromatic heterocycles. The van der Waals surface area contributed by atoms with Gasteiger partial charge in [0.15, 0.2) is 0 Å². The van der Waals surface area contributed by atoms with Crippen molar-refractivity contribution in [3.8, 4) is 0 Å². The predicted molar refractivity (Wildman–Crippen MR) is 76.0 cm³/mol. The third-order valence-corrected chi connectivity index (χ3v) is 3.65. The van der Waals surface area contributed by atoms with E-state index in [1.54, 1.807) is 7.11 Å². The average Bonchev–Trinajstić information content (AvgIpc) is 2.40. The van der Waals surface area contributed by atoms with Crippen LogP contribution in [0.5, 0.6) is 0 Å². The quantitative estimate of drug-likeness (QED) is 0.828. The van der Waals surface area contributed by atoms with E-state index >= 15 is 0 Å². The maximum atomic E-state index is 4.88. The molecule has 1 heterocycles. The minimum atomic E-state index is 0.732. The molecule has 18 heavy (non-hydrogen) atoms. The van der Waals surface area contributed by atoms with E-state index in [1.165, 1.54) is 18.5 Å². The van der Waals surface area contributed by atoms with E-state index in [2.05, 4.69) is 53.6 Å². The molecule has 0 bridgehead atoms. The molecule has 2 rings (SSSR count). The summed E-state index contributed by atoms with van der Waals surface area (Å²) in [6.45, 7) is 2.28. The molecule has 0 spiro atoms. The number of hydrogen-bond donors (Lipinski definition) is 1. The van der Waals surface area contributed by atoms with Crippen molar-refractivity contribution in [1.82, 2.24) is 4.90 Å². The zero-order valence-corrected chi connectivity index (χ0v) is 11.5. The number of benzene rings is 1. The van der Waals surface area contributed by atoms with Gasteiger partial charge in [0.25, 0.3) is 0 Å². The maximum Gasteiger partial charge on any atom is 0.0636 e. The number of anilines is 2. The second-order valence-electron chi connectivity index (χ2n) is 5.03. The van der Waals surface area contributed by atoms with E-state index in [4.69, 9.17) is 4.84 Å². The van der Waals surface area contributed by atoms with Crippen LogP contribution in [0.2, 0.25) is 0 Å². The van der Waals surface area contributed by atoms with Crippen molar-refractivity contribution in [1.29, 1.82) is 0 Å². The first-order valence-corrected chi connectivity index (χ1v) is 6.51. The highest BCUT2D eigenvalue weighted by Gasteiger charge is 2.20. The molecule has 1 aliphatic heterocycles. The van der Waals surface area contributed by atoms with E-state index in [0.717, 1.165) is 24.8 Å². The van der Waals surface area contributed by atoms with Crippen LogP contribution in [0.3, 0.4) is 0 Å². The highest BCUT2D eigenvalue weighted by molar-refractivity contribution is 5.54.